The summed E-state index contributed by atoms with van der Waals surface area (Å²) in [5.41, 5.74) is 1.17. The van der Waals surface area contributed by atoms with E-state index in [9.17, 15) is 14.4 Å². The lowest BCUT2D eigenvalue weighted by Gasteiger charge is -2.34. The Labute approximate surface area is 142 Å². The molecular weight excluding hydrogens is 306 g/mol. The number of carbonyl (C=O) groups is 3. The molecule has 1 fully saturated rings. The Balaban J connectivity index is 2.10. The predicted molar refractivity (Wildman–Crippen MR) is 91.8 cm³/mol. The molecule has 2 rings (SSSR count). The van der Waals surface area contributed by atoms with E-state index >= 15 is 0 Å². The van der Waals surface area contributed by atoms with Crippen LogP contribution in [0.15, 0.2) is 36.0 Å². The van der Waals surface area contributed by atoms with Crippen LogP contribution in [0, 0.1) is 5.41 Å². The Kier molecular flexibility index (Phi) is 5.54. The molecule has 0 unspecified atom stereocenters. The zero-order chi connectivity index (χ0) is 17.7. The highest BCUT2D eigenvalue weighted by atomic mass is 16.5. The molecule has 1 aromatic carbocycles. The first-order valence-electron chi connectivity index (χ1n) is 8.16. The predicted octanol–water partition coefficient (Wildman–Crippen LogP) is 3.51. The van der Waals surface area contributed by atoms with Crippen LogP contribution in [0.2, 0.25) is 0 Å². The van der Waals surface area contributed by atoms with Crippen molar-refractivity contribution in [3.05, 3.63) is 41.6 Å². The van der Waals surface area contributed by atoms with Crippen molar-refractivity contribution in [1.29, 1.82) is 0 Å². The summed E-state index contributed by atoms with van der Waals surface area (Å²) >= 11 is 0. The summed E-state index contributed by atoms with van der Waals surface area (Å²) in [5, 5.41) is 2.97. The molecule has 1 aliphatic rings. The van der Waals surface area contributed by atoms with E-state index in [1.54, 1.807) is 24.3 Å². The van der Waals surface area contributed by atoms with E-state index in [2.05, 4.69) is 10.1 Å². The van der Waals surface area contributed by atoms with Gasteiger partial charge in [0.2, 0.25) is 0 Å². The van der Waals surface area contributed by atoms with Crippen LogP contribution in [0.25, 0.3) is 0 Å². The van der Waals surface area contributed by atoms with Gasteiger partial charge in [-0.2, -0.15) is 0 Å². The lowest BCUT2D eigenvalue weighted by Crippen LogP contribution is -2.35. The average molecular weight is 329 g/mol. The van der Waals surface area contributed by atoms with Crippen molar-refractivity contribution in [3.63, 3.8) is 0 Å². The monoisotopic (exact) mass is 329 g/mol. The molecule has 0 amide bonds. The Hall–Kier alpha value is -2.43. The summed E-state index contributed by atoms with van der Waals surface area (Å²) < 4.78 is 4.64. The SMILES string of the molecule is CCC1(CC)CC(=O)C(=CNc2ccc(C(=O)OC)cc2)C(=O)C1. The van der Waals surface area contributed by atoms with Crippen molar-refractivity contribution < 1.29 is 19.1 Å². The van der Waals surface area contributed by atoms with Crippen LogP contribution in [-0.4, -0.2) is 24.6 Å². The summed E-state index contributed by atoms with van der Waals surface area (Å²) in [6, 6.07) is 6.64. The molecule has 128 valence electrons. The molecule has 5 nitrogen and oxygen atoms in total. The molecule has 0 bridgehead atoms. The normalized spacial score (nSPS) is 16.7. The van der Waals surface area contributed by atoms with E-state index in [-0.39, 0.29) is 22.6 Å². The summed E-state index contributed by atoms with van der Waals surface area (Å²) in [5.74, 6) is -0.615. The number of allylic oxidation sites excluding steroid dienone is 1. The van der Waals surface area contributed by atoms with Gasteiger partial charge in [-0.05, 0) is 42.5 Å². The number of anilines is 1. The molecule has 0 aromatic heterocycles. The van der Waals surface area contributed by atoms with E-state index in [1.165, 1.54) is 13.3 Å². The van der Waals surface area contributed by atoms with Gasteiger partial charge in [0.1, 0.15) is 0 Å². The van der Waals surface area contributed by atoms with Gasteiger partial charge in [-0.25, -0.2) is 4.79 Å². The van der Waals surface area contributed by atoms with Crippen LogP contribution in [0.4, 0.5) is 5.69 Å². The van der Waals surface area contributed by atoms with E-state index in [1.807, 2.05) is 13.8 Å². The first-order valence-corrected chi connectivity index (χ1v) is 8.16. The fraction of sp³-hybridized carbons (Fsp3) is 0.421. The van der Waals surface area contributed by atoms with Gasteiger partial charge in [0, 0.05) is 24.7 Å². The number of carbonyl (C=O) groups excluding carboxylic acids is 3. The maximum absolute atomic E-state index is 12.4. The number of hydrogen-bond acceptors (Lipinski definition) is 5. The van der Waals surface area contributed by atoms with Crippen molar-refractivity contribution in [2.24, 2.45) is 5.41 Å². The van der Waals surface area contributed by atoms with Gasteiger partial charge >= 0.3 is 5.97 Å². The van der Waals surface area contributed by atoms with E-state index in [0.29, 0.717) is 24.1 Å². The van der Waals surface area contributed by atoms with Crippen LogP contribution in [-0.2, 0) is 14.3 Å². The molecular formula is C19H23NO4. The summed E-state index contributed by atoms with van der Waals surface area (Å²) in [6.45, 7) is 4.06. The van der Waals surface area contributed by atoms with Gasteiger partial charge in [0.15, 0.2) is 11.6 Å². The maximum atomic E-state index is 12.4. The fourth-order valence-electron chi connectivity index (χ4n) is 2.98. The number of ether oxygens (including phenoxy) is 1. The van der Waals surface area contributed by atoms with Gasteiger partial charge in [0.25, 0.3) is 0 Å². The van der Waals surface area contributed by atoms with Gasteiger partial charge in [-0.3, -0.25) is 9.59 Å². The Bertz CT molecular complexity index is 647. The average Bonchev–Trinajstić information content (AvgIpc) is 2.60. The van der Waals surface area contributed by atoms with E-state index < -0.39 is 5.97 Å². The number of nitrogens with one attached hydrogen (secondary N) is 1. The van der Waals surface area contributed by atoms with Crippen LogP contribution >= 0.6 is 0 Å². The lowest BCUT2D eigenvalue weighted by atomic mass is 9.68. The molecule has 1 aliphatic carbocycles. The number of rotatable bonds is 5. The van der Waals surface area contributed by atoms with Gasteiger partial charge < -0.3 is 10.1 Å². The molecule has 0 radical (unpaired) electrons. The van der Waals surface area contributed by atoms with Crippen molar-refractivity contribution in [2.45, 2.75) is 39.5 Å². The molecule has 24 heavy (non-hydrogen) atoms. The summed E-state index contributed by atoms with van der Waals surface area (Å²) in [7, 11) is 1.33. The third-order valence-electron chi connectivity index (χ3n) is 4.86. The van der Waals surface area contributed by atoms with Crippen molar-refractivity contribution in [1.82, 2.24) is 0 Å². The van der Waals surface area contributed by atoms with Gasteiger partial charge in [-0.15, -0.1) is 0 Å². The Morgan fingerprint density at radius 2 is 1.67 bits per heavy atom. The topological polar surface area (TPSA) is 72.5 Å². The molecule has 1 N–H and O–H groups in total. The third-order valence-corrected chi connectivity index (χ3v) is 4.86. The minimum Gasteiger partial charge on any atom is -0.465 e. The number of hydrogen-bond donors (Lipinski definition) is 1. The number of benzene rings is 1. The van der Waals surface area contributed by atoms with Crippen LogP contribution < -0.4 is 5.32 Å². The minimum atomic E-state index is -0.409. The van der Waals surface area contributed by atoms with Gasteiger partial charge in [-0.1, -0.05) is 13.8 Å². The number of Topliss-reactive ketones (excluding diaryl/α,β-unsaturated/α-hetero) is 2. The second kappa shape index (κ2) is 7.43. The molecule has 0 aliphatic heterocycles. The third kappa shape index (κ3) is 3.72. The standard InChI is InChI=1S/C19H23NO4/c1-4-19(5-2)10-16(21)15(17(22)11-19)12-20-14-8-6-13(7-9-14)18(23)24-3/h6-9,12,20H,4-5,10-11H2,1-3H3. The van der Waals surface area contributed by atoms with E-state index in [0.717, 1.165) is 12.8 Å². The van der Waals surface area contributed by atoms with Crippen molar-refractivity contribution in [3.8, 4) is 0 Å². The highest BCUT2D eigenvalue weighted by Crippen LogP contribution is 2.40. The molecule has 1 aromatic rings. The first-order chi connectivity index (χ1) is 11.4. The number of esters is 1. The highest BCUT2D eigenvalue weighted by Gasteiger charge is 2.39. The second-order valence-electron chi connectivity index (χ2n) is 6.18. The van der Waals surface area contributed by atoms with Gasteiger partial charge in [0.05, 0.1) is 18.2 Å². The highest BCUT2D eigenvalue weighted by molar-refractivity contribution is 6.22. The smallest absolute Gasteiger partial charge is 0.337 e. The largest absolute Gasteiger partial charge is 0.465 e. The summed E-state index contributed by atoms with van der Waals surface area (Å²) in [6.07, 6.45) is 3.97. The molecule has 5 heteroatoms. The lowest BCUT2D eigenvalue weighted by molar-refractivity contribution is -0.128. The molecule has 0 saturated heterocycles. The van der Waals surface area contributed by atoms with Crippen molar-refractivity contribution >= 4 is 23.2 Å². The van der Waals surface area contributed by atoms with Crippen LogP contribution in [0.5, 0.6) is 0 Å². The Morgan fingerprint density at radius 1 is 1.12 bits per heavy atom. The molecule has 0 atom stereocenters. The zero-order valence-corrected chi connectivity index (χ0v) is 14.3. The Morgan fingerprint density at radius 3 is 2.12 bits per heavy atom. The maximum Gasteiger partial charge on any atom is 0.337 e. The molecule has 0 spiro atoms. The fourth-order valence-corrected chi connectivity index (χ4v) is 2.98. The first kappa shape index (κ1) is 17.9. The number of methoxy groups -OCH3 is 1. The number of ketones is 2. The van der Waals surface area contributed by atoms with Crippen molar-refractivity contribution in [2.75, 3.05) is 12.4 Å². The molecule has 0 heterocycles. The minimum absolute atomic E-state index is 0.103. The van der Waals surface area contributed by atoms with E-state index in [4.69, 9.17) is 0 Å². The zero-order valence-electron chi connectivity index (χ0n) is 14.3. The molecule has 1 saturated carbocycles. The second-order valence-corrected chi connectivity index (χ2v) is 6.18. The quantitative estimate of drug-likeness (QED) is 0.508. The van der Waals surface area contributed by atoms with Crippen LogP contribution in [0.3, 0.4) is 0 Å². The summed E-state index contributed by atoms with van der Waals surface area (Å²) in [4.78, 5) is 36.1. The van der Waals surface area contributed by atoms with Crippen LogP contribution in [0.1, 0.15) is 49.9 Å².